The van der Waals surface area contributed by atoms with Crippen molar-refractivity contribution in [1.29, 1.82) is 0 Å². The van der Waals surface area contributed by atoms with Crippen LogP contribution in [0.3, 0.4) is 0 Å². The Kier molecular flexibility index (Phi) is 5.13. The van der Waals surface area contributed by atoms with Crippen LogP contribution in [0.15, 0.2) is 65.3 Å². The van der Waals surface area contributed by atoms with Gasteiger partial charge in [-0.05, 0) is 24.3 Å². The van der Waals surface area contributed by atoms with Crippen LogP contribution in [0.1, 0.15) is 10.4 Å². The Morgan fingerprint density at radius 1 is 1.08 bits per heavy atom. The second-order valence-electron chi connectivity index (χ2n) is 5.05. The van der Waals surface area contributed by atoms with Gasteiger partial charge in [0.05, 0.1) is 5.56 Å². The van der Waals surface area contributed by atoms with Crippen LogP contribution in [-0.4, -0.2) is 12.2 Å². The molecule has 0 bridgehead atoms. The number of anilines is 2. The van der Waals surface area contributed by atoms with Gasteiger partial charge in [-0.2, -0.15) is 0 Å². The van der Waals surface area contributed by atoms with E-state index in [2.05, 4.69) is 10.0 Å². The average molecular weight is 359 g/mol. The summed E-state index contributed by atoms with van der Waals surface area (Å²) in [6.45, 7) is 0. The standard InChI is InChI=1S/C18H15ClN2O2S/c1-24-21-16-9-14(19)8-15(10-16)20-18(22)13-7-17(23-11-13)12-5-3-2-4-6-12/h2-11,21H,1H3,(H,20,22). The lowest BCUT2D eigenvalue weighted by Crippen LogP contribution is -2.10. The van der Waals surface area contributed by atoms with Gasteiger partial charge in [0, 0.05) is 28.2 Å². The maximum atomic E-state index is 12.4. The van der Waals surface area contributed by atoms with Gasteiger partial charge in [0.25, 0.3) is 5.91 Å². The van der Waals surface area contributed by atoms with Crippen molar-refractivity contribution < 1.29 is 9.21 Å². The van der Waals surface area contributed by atoms with Crippen molar-refractivity contribution in [3.8, 4) is 11.3 Å². The van der Waals surface area contributed by atoms with Gasteiger partial charge in [-0.3, -0.25) is 4.79 Å². The number of halogens is 1. The van der Waals surface area contributed by atoms with Crippen LogP contribution < -0.4 is 10.0 Å². The van der Waals surface area contributed by atoms with Gasteiger partial charge < -0.3 is 14.5 Å². The number of rotatable bonds is 5. The van der Waals surface area contributed by atoms with E-state index < -0.39 is 0 Å². The van der Waals surface area contributed by atoms with Gasteiger partial charge in [-0.15, -0.1) is 0 Å². The van der Waals surface area contributed by atoms with Crippen LogP contribution in [0.5, 0.6) is 0 Å². The van der Waals surface area contributed by atoms with E-state index in [1.165, 1.54) is 18.2 Å². The van der Waals surface area contributed by atoms with E-state index in [1.54, 1.807) is 18.2 Å². The SMILES string of the molecule is CSNc1cc(Cl)cc(NC(=O)c2coc(-c3ccccc3)c2)c1. The van der Waals surface area contributed by atoms with E-state index in [-0.39, 0.29) is 5.91 Å². The number of benzene rings is 2. The van der Waals surface area contributed by atoms with Gasteiger partial charge in [-0.25, -0.2) is 0 Å². The zero-order valence-electron chi connectivity index (χ0n) is 12.9. The molecule has 1 heterocycles. The van der Waals surface area contributed by atoms with Crippen molar-refractivity contribution in [1.82, 2.24) is 0 Å². The monoisotopic (exact) mass is 358 g/mol. The molecule has 0 saturated carbocycles. The third-order valence-electron chi connectivity index (χ3n) is 3.30. The highest BCUT2D eigenvalue weighted by atomic mass is 35.5. The summed E-state index contributed by atoms with van der Waals surface area (Å²) >= 11 is 7.53. The first-order valence-electron chi connectivity index (χ1n) is 7.20. The Morgan fingerprint density at radius 2 is 1.83 bits per heavy atom. The highest BCUT2D eigenvalue weighted by molar-refractivity contribution is 7.99. The number of furan rings is 1. The smallest absolute Gasteiger partial charge is 0.258 e. The van der Waals surface area contributed by atoms with Crippen LogP contribution in [0, 0.1) is 0 Å². The predicted molar refractivity (Wildman–Crippen MR) is 101 cm³/mol. The summed E-state index contributed by atoms with van der Waals surface area (Å²) in [5, 5.41) is 3.37. The molecule has 6 heteroatoms. The molecule has 0 fully saturated rings. The summed E-state index contributed by atoms with van der Waals surface area (Å²) in [6, 6.07) is 16.7. The Bertz CT molecular complexity index is 849. The Labute approximate surface area is 149 Å². The fourth-order valence-electron chi connectivity index (χ4n) is 2.25. The fraction of sp³-hybridized carbons (Fsp3) is 0.0556. The topological polar surface area (TPSA) is 54.3 Å². The minimum absolute atomic E-state index is 0.252. The van der Waals surface area contributed by atoms with Crippen LogP contribution in [-0.2, 0) is 0 Å². The zero-order chi connectivity index (χ0) is 16.9. The molecular formula is C18H15ClN2O2S. The first-order chi connectivity index (χ1) is 11.7. The van der Waals surface area contributed by atoms with Gasteiger partial charge in [0.2, 0.25) is 0 Å². The lowest BCUT2D eigenvalue weighted by molar-refractivity contribution is 0.102. The predicted octanol–water partition coefficient (Wildman–Crippen LogP) is 5.54. The van der Waals surface area contributed by atoms with Crippen molar-refractivity contribution in [2.45, 2.75) is 0 Å². The molecule has 1 aromatic heterocycles. The molecule has 0 spiro atoms. The van der Waals surface area contributed by atoms with Crippen LogP contribution in [0.2, 0.25) is 5.02 Å². The average Bonchev–Trinajstić information content (AvgIpc) is 3.05. The minimum Gasteiger partial charge on any atom is -0.464 e. The fourth-order valence-corrected chi connectivity index (χ4v) is 2.84. The molecule has 122 valence electrons. The van der Waals surface area contributed by atoms with E-state index in [9.17, 15) is 4.79 Å². The summed E-state index contributed by atoms with van der Waals surface area (Å²) in [5.41, 5.74) is 2.81. The Hall–Kier alpha value is -2.37. The normalized spacial score (nSPS) is 10.4. The summed E-state index contributed by atoms with van der Waals surface area (Å²) in [7, 11) is 0. The third kappa shape index (κ3) is 3.93. The maximum absolute atomic E-state index is 12.4. The molecule has 4 nitrogen and oxygen atoms in total. The number of nitrogens with one attached hydrogen (secondary N) is 2. The minimum atomic E-state index is -0.252. The molecule has 0 radical (unpaired) electrons. The number of hydrogen-bond donors (Lipinski definition) is 2. The van der Waals surface area contributed by atoms with Gasteiger partial charge in [-0.1, -0.05) is 53.9 Å². The van der Waals surface area contributed by atoms with E-state index >= 15 is 0 Å². The number of carbonyl (C=O) groups is 1. The molecule has 2 N–H and O–H groups in total. The summed E-state index contributed by atoms with van der Waals surface area (Å²) < 4.78 is 8.58. The van der Waals surface area contributed by atoms with Crippen molar-refractivity contribution in [2.24, 2.45) is 0 Å². The Morgan fingerprint density at radius 3 is 2.58 bits per heavy atom. The van der Waals surface area contributed by atoms with Crippen LogP contribution >= 0.6 is 23.5 Å². The highest BCUT2D eigenvalue weighted by Crippen LogP contribution is 2.26. The van der Waals surface area contributed by atoms with Crippen LogP contribution in [0.4, 0.5) is 11.4 Å². The molecule has 0 saturated heterocycles. The summed E-state index contributed by atoms with van der Waals surface area (Å²) in [5.74, 6) is 0.398. The molecule has 0 aliphatic rings. The van der Waals surface area contributed by atoms with E-state index in [0.29, 0.717) is 22.0 Å². The molecule has 24 heavy (non-hydrogen) atoms. The van der Waals surface area contributed by atoms with Crippen molar-refractivity contribution in [3.05, 3.63) is 71.4 Å². The molecule has 3 aromatic rings. The number of carbonyl (C=O) groups excluding carboxylic acids is 1. The molecule has 3 rings (SSSR count). The van der Waals surface area contributed by atoms with E-state index in [4.69, 9.17) is 16.0 Å². The molecule has 0 unspecified atom stereocenters. The number of hydrogen-bond acceptors (Lipinski definition) is 4. The molecular weight excluding hydrogens is 344 g/mol. The van der Waals surface area contributed by atoms with Crippen molar-refractivity contribution in [2.75, 3.05) is 16.3 Å². The van der Waals surface area contributed by atoms with Gasteiger partial charge in [0.1, 0.15) is 12.0 Å². The van der Waals surface area contributed by atoms with Crippen LogP contribution in [0.25, 0.3) is 11.3 Å². The second kappa shape index (κ2) is 7.47. The molecule has 0 atom stereocenters. The first kappa shape index (κ1) is 16.5. The lowest BCUT2D eigenvalue weighted by atomic mass is 10.1. The Balaban J connectivity index is 1.77. The maximum Gasteiger partial charge on any atom is 0.258 e. The zero-order valence-corrected chi connectivity index (χ0v) is 14.4. The molecule has 1 amide bonds. The molecule has 2 aromatic carbocycles. The van der Waals surface area contributed by atoms with Gasteiger partial charge >= 0.3 is 0 Å². The van der Waals surface area contributed by atoms with E-state index in [1.807, 2.05) is 42.7 Å². The molecule has 0 aliphatic heterocycles. The summed E-state index contributed by atoms with van der Waals surface area (Å²) in [4.78, 5) is 12.4. The summed E-state index contributed by atoms with van der Waals surface area (Å²) in [6.07, 6.45) is 3.36. The quantitative estimate of drug-likeness (QED) is 0.588. The highest BCUT2D eigenvalue weighted by Gasteiger charge is 2.12. The second-order valence-corrected chi connectivity index (χ2v) is 6.10. The van der Waals surface area contributed by atoms with Gasteiger partial charge in [0.15, 0.2) is 0 Å². The lowest BCUT2D eigenvalue weighted by Gasteiger charge is -2.08. The molecule has 0 aliphatic carbocycles. The van der Waals surface area contributed by atoms with E-state index in [0.717, 1.165) is 11.3 Å². The van der Waals surface area contributed by atoms with Crippen molar-refractivity contribution >= 4 is 40.8 Å². The largest absolute Gasteiger partial charge is 0.464 e. The number of amides is 1. The van der Waals surface area contributed by atoms with Crippen molar-refractivity contribution in [3.63, 3.8) is 0 Å². The first-order valence-corrected chi connectivity index (χ1v) is 8.81. The third-order valence-corrected chi connectivity index (χ3v) is 3.95.